The van der Waals surface area contributed by atoms with Crippen molar-refractivity contribution in [2.75, 3.05) is 12.4 Å². The van der Waals surface area contributed by atoms with Crippen LogP contribution in [0.2, 0.25) is 0 Å². The van der Waals surface area contributed by atoms with E-state index in [0.29, 0.717) is 31.0 Å². The molecule has 1 N–H and O–H groups in total. The van der Waals surface area contributed by atoms with Crippen LogP contribution in [0.25, 0.3) is 11.4 Å². The maximum atomic E-state index is 12.8. The van der Waals surface area contributed by atoms with Crippen LogP contribution in [0.15, 0.2) is 21.3 Å². The van der Waals surface area contributed by atoms with E-state index in [-0.39, 0.29) is 11.9 Å². The van der Waals surface area contributed by atoms with Crippen LogP contribution >= 0.6 is 11.3 Å². The van der Waals surface area contributed by atoms with Crippen molar-refractivity contribution in [1.29, 1.82) is 0 Å². The molecule has 9 heteroatoms. The molecule has 1 atom stereocenters. The lowest BCUT2D eigenvalue weighted by atomic mass is 9.82. The fourth-order valence-electron chi connectivity index (χ4n) is 3.95. The molecule has 0 amide bonds. The topological polar surface area (TPSA) is 94.3 Å². The summed E-state index contributed by atoms with van der Waals surface area (Å²) in [6, 6.07) is 1.93. The molecule has 0 aromatic carbocycles. The van der Waals surface area contributed by atoms with Crippen molar-refractivity contribution in [3.63, 3.8) is 0 Å². The van der Waals surface area contributed by atoms with Crippen molar-refractivity contribution < 1.29 is 17.7 Å². The molecule has 1 aliphatic carbocycles. The lowest BCUT2D eigenvalue weighted by Gasteiger charge is -2.34. The number of nitrogens with zero attached hydrogens (tertiary/aromatic N) is 2. The van der Waals surface area contributed by atoms with Gasteiger partial charge in [0.25, 0.3) is 0 Å². The first-order chi connectivity index (χ1) is 13.1. The van der Waals surface area contributed by atoms with Crippen LogP contribution in [0.1, 0.15) is 57.3 Å². The van der Waals surface area contributed by atoms with E-state index in [1.165, 1.54) is 0 Å². The fourth-order valence-corrected chi connectivity index (χ4v) is 6.15. The van der Waals surface area contributed by atoms with Crippen LogP contribution in [0.4, 0.5) is 0 Å². The molecule has 2 aromatic heterocycles. The van der Waals surface area contributed by atoms with Gasteiger partial charge in [-0.25, -0.2) is 8.42 Å². The molecule has 0 bridgehead atoms. The monoisotopic (exact) mass is 411 g/mol. The van der Waals surface area contributed by atoms with E-state index < -0.39 is 15.6 Å². The molecule has 3 heterocycles. The molecule has 2 fully saturated rings. The lowest BCUT2D eigenvalue weighted by molar-refractivity contribution is 0.108. The van der Waals surface area contributed by atoms with Gasteiger partial charge in [0.1, 0.15) is 5.54 Å². The number of rotatable bonds is 7. The van der Waals surface area contributed by atoms with Crippen LogP contribution in [0.5, 0.6) is 0 Å². The smallest absolute Gasteiger partial charge is 0.248 e. The highest BCUT2D eigenvalue weighted by Gasteiger charge is 2.42. The molecule has 148 valence electrons. The second-order valence-corrected chi connectivity index (χ2v) is 10.0. The Hall–Kier alpha value is -1.29. The Morgan fingerprint density at radius 3 is 2.81 bits per heavy atom. The summed E-state index contributed by atoms with van der Waals surface area (Å²) in [5.41, 5.74) is 0.0942. The van der Waals surface area contributed by atoms with E-state index in [4.69, 9.17) is 9.26 Å². The zero-order valence-electron chi connectivity index (χ0n) is 15.2. The molecular weight excluding hydrogens is 386 g/mol. The SMILES string of the molecule is O=S(=O)(CC[C@H]1CCCO1)NC1(c2nc(-c3ccsc3)no2)CCCCC1. The third-order valence-corrected chi connectivity index (χ3v) is 7.56. The number of hydrogen-bond donors (Lipinski definition) is 1. The third kappa shape index (κ3) is 4.42. The van der Waals surface area contributed by atoms with Gasteiger partial charge in [0, 0.05) is 17.6 Å². The van der Waals surface area contributed by atoms with Crippen LogP contribution in [-0.4, -0.2) is 37.0 Å². The number of aromatic nitrogens is 2. The van der Waals surface area contributed by atoms with E-state index in [1.807, 2.05) is 16.8 Å². The molecule has 1 saturated carbocycles. The molecule has 0 unspecified atom stereocenters. The molecule has 0 radical (unpaired) electrons. The molecule has 0 spiro atoms. The Morgan fingerprint density at radius 1 is 1.26 bits per heavy atom. The van der Waals surface area contributed by atoms with E-state index in [9.17, 15) is 8.42 Å². The maximum absolute atomic E-state index is 12.8. The van der Waals surface area contributed by atoms with Crippen molar-refractivity contribution >= 4 is 21.4 Å². The Labute approximate surface area is 163 Å². The molecule has 4 rings (SSSR count). The fraction of sp³-hybridized carbons (Fsp3) is 0.667. The van der Waals surface area contributed by atoms with Crippen molar-refractivity contribution in [2.45, 2.75) is 63.0 Å². The van der Waals surface area contributed by atoms with Crippen molar-refractivity contribution in [2.24, 2.45) is 0 Å². The van der Waals surface area contributed by atoms with Crippen molar-refractivity contribution in [1.82, 2.24) is 14.9 Å². The van der Waals surface area contributed by atoms with Crippen molar-refractivity contribution in [3.05, 3.63) is 22.7 Å². The summed E-state index contributed by atoms with van der Waals surface area (Å²) < 4.78 is 39.7. The highest BCUT2D eigenvalue weighted by molar-refractivity contribution is 7.89. The van der Waals surface area contributed by atoms with E-state index >= 15 is 0 Å². The summed E-state index contributed by atoms with van der Waals surface area (Å²) in [7, 11) is -3.48. The first-order valence-corrected chi connectivity index (χ1v) is 12.2. The van der Waals surface area contributed by atoms with Gasteiger partial charge in [-0.2, -0.15) is 21.0 Å². The highest BCUT2D eigenvalue weighted by atomic mass is 32.2. The summed E-state index contributed by atoms with van der Waals surface area (Å²) in [4.78, 5) is 4.55. The van der Waals surface area contributed by atoms with E-state index in [1.54, 1.807) is 11.3 Å². The largest absolute Gasteiger partial charge is 0.378 e. The second kappa shape index (κ2) is 7.98. The molecular formula is C18H25N3O4S2. The molecule has 1 saturated heterocycles. The van der Waals surface area contributed by atoms with Gasteiger partial charge >= 0.3 is 0 Å². The molecule has 7 nitrogen and oxygen atoms in total. The predicted octanol–water partition coefficient (Wildman–Crippen LogP) is 3.45. The van der Waals surface area contributed by atoms with Gasteiger partial charge in [-0.3, -0.25) is 0 Å². The first kappa shape index (κ1) is 19.0. The average Bonchev–Trinajstić information content (AvgIpc) is 3.42. The van der Waals surface area contributed by atoms with Crippen LogP contribution in [0.3, 0.4) is 0 Å². The lowest BCUT2D eigenvalue weighted by Crippen LogP contribution is -2.48. The standard InChI is InChI=1S/C18H25N3O4S2/c22-27(23,12-7-15-5-4-10-24-15)21-18(8-2-1-3-9-18)17-19-16(20-25-17)14-6-11-26-13-14/h6,11,13,15,21H,1-5,7-10,12H2/t15-/m1/s1. The summed E-state index contributed by atoms with van der Waals surface area (Å²) in [5, 5.41) is 7.99. The van der Waals surface area contributed by atoms with E-state index in [0.717, 1.165) is 44.3 Å². The van der Waals surface area contributed by atoms with Crippen molar-refractivity contribution in [3.8, 4) is 11.4 Å². The third-order valence-electron chi connectivity index (χ3n) is 5.41. The Balaban J connectivity index is 1.53. The number of nitrogens with one attached hydrogen (secondary N) is 1. The summed E-state index contributed by atoms with van der Waals surface area (Å²) in [6.45, 7) is 0.732. The van der Waals surface area contributed by atoms with Gasteiger partial charge in [0.15, 0.2) is 0 Å². The maximum Gasteiger partial charge on any atom is 0.248 e. The zero-order valence-corrected chi connectivity index (χ0v) is 16.9. The van der Waals surface area contributed by atoms with Crippen LogP contribution < -0.4 is 4.72 Å². The molecule has 2 aromatic rings. The Bertz CT molecular complexity index is 836. The highest BCUT2D eigenvalue weighted by Crippen LogP contribution is 2.38. The van der Waals surface area contributed by atoms with Crippen LogP contribution in [0, 0.1) is 0 Å². The summed E-state index contributed by atoms with van der Waals surface area (Å²) in [5.74, 6) is 0.948. The molecule has 2 aliphatic rings. The molecule has 27 heavy (non-hydrogen) atoms. The van der Waals surface area contributed by atoms with Gasteiger partial charge in [-0.05, 0) is 43.6 Å². The normalized spacial score (nSPS) is 22.9. The predicted molar refractivity (Wildman–Crippen MR) is 103 cm³/mol. The van der Waals surface area contributed by atoms with E-state index in [2.05, 4.69) is 14.9 Å². The number of thiophene rings is 1. The summed E-state index contributed by atoms with van der Waals surface area (Å²) in [6.07, 6.45) is 6.84. The Kier molecular flexibility index (Phi) is 5.63. The van der Waals surface area contributed by atoms with Gasteiger partial charge < -0.3 is 9.26 Å². The van der Waals surface area contributed by atoms with Gasteiger partial charge in [0.2, 0.25) is 21.7 Å². The Morgan fingerprint density at radius 2 is 2.11 bits per heavy atom. The molecule has 1 aliphatic heterocycles. The minimum atomic E-state index is -3.48. The number of ether oxygens (including phenoxy) is 1. The van der Waals surface area contributed by atoms with Gasteiger partial charge in [-0.15, -0.1) is 0 Å². The second-order valence-electron chi connectivity index (χ2n) is 7.42. The zero-order chi connectivity index (χ0) is 18.7. The summed E-state index contributed by atoms with van der Waals surface area (Å²) >= 11 is 1.56. The van der Waals surface area contributed by atoms with Crippen LogP contribution in [-0.2, 0) is 20.3 Å². The first-order valence-electron chi connectivity index (χ1n) is 9.56. The average molecular weight is 412 g/mol. The minimum absolute atomic E-state index is 0.0532. The quantitative estimate of drug-likeness (QED) is 0.750. The minimum Gasteiger partial charge on any atom is -0.378 e. The van der Waals surface area contributed by atoms with Gasteiger partial charge in [-0.1, -0.05) is 24.4 Å². The number of sulfonamides is 1. The van der Waals surface area contributed by atoms with Gasteiger partial charge in [0.05, 0.1) is 11.9 Å². The number of hydrogen-bond acceptors (Lipinski definition) is 7.